The molecule has 2 N–H and O–H groups in total. The number of pyridine rings is 1. The van der Waals surface area contributed by atoms with Crippen LogP contribution in [0.5, 0.6) is 0 Å². The summed E-state index contributed by atoms with van der Waals surface area (Å²) in [5, 5.41) is 4.11. The van der Waals surface area contributed by atoms with Crippen molar-refractivity contribution < 1.29 is 14.0 Å². The third-order valence-corrected chi connectivity index (χ3v) is 6.50. The Morgan fingerprint density at radius 2 is 1.79 bits per heavy atom. The van der Waals surface area contributed by atoms with Crippen LogP contribution in [-0.2, 0) is 16.2 Å². The van der Waals surface area contributed by atoms with Crippen molar-refractivity contribution in [1.29, 1.82) is 0 Å². The van der Waals surface area contributed by atoms with Gasteiger partial charge in [0.25, 0.3) is 0 Å². The van der Waals surface area contributed by atoms with Gasteiger partial charge in [-0.1, -0.05) is 5.16 Å². The summed E-state index contributed by atoms with van der Waals surface area (Å²) < 4.78 is 14.3. The lowest BCUT2D eigenvalue weighted by Crippen LogP contribution is -2.46. The van der Waals surface area contributed by atoms with E-state index >= 15 is 0 Å². The summed E-state index contributed by atoms with van der Waals surface area (Å²) >= 11 is 0. The van der Waals surface area contributed by atoms with Crippen molar-refractivity contribution in [2.24, 2.45) is 17.0 Å². The van der Waals surface area contributed by atoms with Gasteiger partial charge in [0.15, 0.2) is 5.82 Å². The highest BCUT2D eigenvalue weighted by molar-refractivity contribution is 6.02. The zero-order valence-corrected chi connectivity index (χ0v) is 18.9. The van der Waals surface area contributed by atoms with Gasteiger partial charge in [-0.15, -0.1) is 0 Å². The minimum Gasteiger partial charge on any atom is -0.399 e. The maximum absolute atomic E-state index is 14.3. The highest BCUT2D eigenvalue weighted by Gasteiger charge is 2.33. The number of nitrogens with two attached hydrogens (primary N) is 1. The third-order valence-electron chi connectivity index (χ3n) is 6.50. The molecule has 0 saturated carbocycles. The van der Waals surface area contributed by atoms with Gasteiger partial charge in [0.2, 0.25) is 11.9 Å². The van der Waals surface area contributed by atoms with Gasteiger partial charge in [0, 0.05) is 61.2 Å². The van der Waals surface area contributed by atoms with Crippen molar-refractivity contribution >= 4 is 17.6 Å². The Morgan fingerprint density at radius 3 is 2.42 bits per heavy atom. The van der Waals surface area contributed by atoms with E-state index in [0.29, 0.717) is 24.4 Å². The van der Waals surface area contributed by atoms with Crippen LogP contribution in [0.1, 0.15) is 36.8 Å². The summed E-state index contributed by atoms with van der Waals surface area (Å²) in [6.45, 7) is 3.77. The molecule has 4 heterocycles. The number of carbonyl (C=O) groups is 1. The van der Waals surface area contributed by atoms with Crippen molar-refractivity contribution in [3.63, 3.8) is 0 Å². The van der Waals surface area contributed by atoms with Gasteiger partial charge in [-0.2, -0.15) is 0 Å². The second kappa shape index (κ2) is 10.7. The van der Waals surface area contributed by atoms with Gasteiger partial charge < -0.3 is 15.5 Å². The molecule has 4 rings (SSSR count). The first kappa shape index (κ1) is 23.0. The number of nitrogen functional groups attached to an aromatic ring is 1. The fourth-order valence-corrected chi connectivity index (χ4v) is 4.70. The Labute approximate surface area is 192 Å². The van der Waals surface area contributed by atoms with E-state index < -0.39 is 5.82 Å². The summed E-state index contributed by atoms with van der Waals surface area (Å²) in [6, 6.07) is 1.62. The van der Waals surface area contributed by atoms with E-state index in [1.165, 1.54) is 13.3 Å². The molecule has 2 aliphatic heterocycles. The number of carbonyl (C=O) groups excluding carboxylic acids is 1. The molecular formula is C23H30FN7O2. The fourth-order valence-electron chi connectivity index (χ4n) is 4.70. The van der Waals surface area contributed by atoms with Crippen LogP contribution >= 0.6 is 0 Å². The third kappa shape index (κ3) is 5.62. The molecule has 9 nitrogen and oxygen atoms in total. The predicted molar refractivity (Wildman–Crippen MR) is 121 cm³/mol. The zero-order chi connectivity index (χ0) is 23.2. The van der Waals surface area contributed by atoms with E-state index in [9.17, 15) is 9.18 Å². The first-order valence-corrected chi connectivity index (χ1v) is 11.3. The second-order valence-corrected chi connectivity index (χ2v) is 8.61. The number of halogens is 1. The van der Waals surface area contributed by atoms with Crippen molar-refractivity contribution in [3.8, 4) is 0 Å². The molecule has 0 atom stereocenters. The van der Waals surface area contributed by atoms with Crippen molar-refractivity contribution in [3.05, 3.63) is 47.8 Å². The summed E-state index contributed by atoms with van der Waals surface area (Å²) in [5.41, 5.74) is 7.57. The molecule has 0 radical (unpaired) electrons. The number of anilines is 1. The number of piperidine rings is 2. The van der Waals surface area contributed by atoms with E-state index in [-0.39, 0.29) is 23.7 Å². The highest BCUT2D eigenvalue weighted by Crippen LogP contribution is 2.27. The van der Waals surface area contributed by atoms with Crippen LogP contribution in [0, 0.1) is 17.7 Å². The van der Waals surface area contributed by atoms with E-state index in [4.69, 9.17) is 10.6 Å². The van der Waals surface area contributed by atoms with Gasteiger partial charge in [0.1, 0.15) is 7.11 Å². The maximum Gasteiger partial charge on any atom is 0.225 e. The largest absolute Gasteiger partial charge is 0.399 e. The van der Waals surface area contributed by atoms with Crippen LogP contribution < -0.4 is 5.73 Å². The van der Waals surface area contributed by atoms with Crippen LogP contribution in [0.4, 0.5) is 10.3 Å². The maximum atomic E-state index is 14.3. The lowest BCUT2D eigenvalue weighted by molar-refractivity contribution is -0.138. The Bertz CT molecular complexity index is 969. The van der Waals surface area contributed by atoms with Crippen LogP contribution in [0.15, 0.2) is 36.0 Å². The Hall–Kier alpha value is -3.14. The molecule has 1 amide bonds. The minimum atomic E-state index is -0.413. The van der Waals surface area contributed by atoms with E-state index in [1.807, 2.05) is 4.90 Å². The average molecular weight is 456 g/mol. The number of oxime groups is 1. The number of hydrogen-bond acceptors (Lipinski definition) is 8. The van der Waals surface area contributed by atoms with Gasteiger partial charge in [-0.25, -0.2) is 14.4 Å². The van der Waals surface area contributed by atoms with E-state index in [1.54, 1.807) is 24.7 Å². The molecule has 0 aliphatic carbocycles. The Kier molecular flexibility index (Phi) is 7.43. The smallest absolute Gasteiger partial charge is 0.225 e. The molecule has 33 heavy (non-hydrogen) atoms. The molecule has 2 fully saturated rings. The van der Waals surface area contributed by atoms with Crippen LogP contribution in [0.2, 0.25) is 0 Å². The molecule has 2 aromatic rings. The monoisotopic (exact) mass is 455 g/mol. The first-order valence-electron chi connectivity index (χ1n) is 11.3. The second-order valence-electron chi connectivity index (χ2n) is 8.61. The van der Waals surface area contributed by atoms with E-state index in [2.05, 4.69) is 25.0 Å². The molecule has 2 aliphatic rings. The summed E-state index contributed by atoms with van der Waals surface area (Å²) in [6.07, 6.45) is 9.38. The zero-order valence-electron chi connectivity index (χ0n) is 18.9. The summed E-state index contributed by atoms with van der Waals surface area (Å²) in [5.74, 6) is 0.173. The van der Waals surface area contributed by atoms with Gasteiger partial charge >= 0.3 is 0 Å². The van der Waals surface area contributed by atoms with Crippen LogP contribution in [0.25, 0.3) is 0 Å². The molecule has 10 heteroatoms. The van der Waals surface area contributed by atoms with Crippen molar-refractivity contribution in [2.45, 2.75) is 32.2 Å². The predicted octanol–water partition coefficient (Wildman–Crippen LogP) is 2.09. The molecule has 0 unspecified atom stereocenters. The first-order chi connectivity index (χ1) is 16.0. The molecule has 0 aromatic carbocycles. The van der Waals surface area contributed by atoms with Crippen LogP contribution in [0.3, 0.4) is 0 Å². The number of nitrogens with zero attached hydrogens (tertiary/aromatic N) is 6. The van der Waals surface area contributed by atoms with E-state index in [0.717, 1.165) is 50.9 Å². The van der Waals surface area contributed by atoms with Crippen molar-refractivity contribution in [2.75, 3.05) is 39.0 Å². The highest BCUT2D eigenvalue weighted by atomic mass is 19.1. The fraction of sp³-hybridized carbons (Fsp3) is 0.522. The van der Waals surface area contributed by atoms with Crippen LogP contribution in [-0.4, -0.2) is 69.7 Å². The lowest BCUT2D eigenvalue weighted by atomic mass is 9.87. The normalized spacial score (nSPS) is 19.0. The topological polar surface area (TPSA) is 110 Å². The quantitative estimate of drug-likeness (QED) is 0.525. The van der Waals surface area contributed by atoms with Gasteiger partial charge in [-0.3, -0.25) is 14.7 Å². The minimum absolute atomic E-state index is 0.0369. The SMILES string of the molecule is CO/N=C(\c1ccncc1F)C1CCN(C(=O)C2CCN(Cc3cnc(N)nc3)CC2)CC1. The number of rotatable bonds is 6. The number of amides is 1. The molecule has 2 aromatic heterocycles. The average Bonchev–Trinajstić information content (AvgIpc) is 2.85. The van der Waals surface area contributed by atoms with Gasteiger partial charge in [-0.05, 0) is 44.8 Å². The number of hydrogen-bond donors (Lipinski definition) is 1. The molecular weight excluding hydrogens is 425 g/mol. The van der Waals surface area contributed by atoms with Crippen molar-refractivity contribution in [1.82, 2.24) is 24.8 Å². The van der Waals surface area contributed by atoms with Gasteiger partial charge in [0.05, 0.1) is 11.9 Å². The number of aromatic nitrogens is 3. The molecule has 176 valence electrons. The molecule has 0 spiro atoms. The molecule has 2 saturated heterocycles. The lowest BCUT2D eigenvalue weighted by Gasteiger charge is -2.37. The standard InChI is InChI=1S/C23H30FN7O2/c1-33-29-21(19-2-7-26-14-20(19)24)17-5-10-31(11-6-17)22(32)18-3-8-30(9-4-18)15-16-12-27-23(25)28-13-16/h2,7,12-14,17-18H,3-6,8-11,15H2,1H3,(H2,25,27,28)/b29-21-. The summed E-state index contributed by atoms with van der Waals surface area (Å²) in [4.78, 5) is 34.3. The Balaban J connectivity index is 1.28. The molecule has 0 bridgehead atoms. The number of likely N-dealkylation sites (tertiary alicyclic amines) is 2. The Morgan fingerprint density at radius 1 is 1.12 bits per heavy atom. The summed E-state index contributed by atoms with van der Waals surface area (Å²) in [7, 11) is 1.46.